The molecule has 0 amide bonds. The average molecular weight is 386 g/mol. The van der Waals surface area contributed by atoms with Crippen LogP contribution in [0, 0.1) is 18.8 Å². The quantitative estimate of drug-likeness (QED) is 0.737. The van der Waals surface area contributed by atoms with Crippen LogP contribution in [0.3, 0.4) is 0 Å². The fourth-order valence-electron chi connectivity index (χ4n) is 3.85. The Labute approximate surface area is 165 Å². The molecular weight excluding hydrogens is 356 g/mol. The van der Waals surface area contributed by atoms with E-state index in [0.717, 1.165) is 30.8 Å². The Balaban J connectivity index is 1.70. The van der Waals surface area contributed by atoms with Gasteiger partial charge in [-0.1, -0.05) is 19.1 Å². The summed E-state index contributed by atoms with van der Waals surface area (Å²) in [5.41, 5.74) is 1.73. The summed E-state index contributed by atoms with van der Waals surface area (Å²) in [5.74, 6) is 0.935. The Kier molecular flexibility index (Phi) is 6.67. The Morgan fingerprint density at radius 1 is 1.29 bits per heavy atom. The van der Waals surface area contributed by atoms with Crippen LogP contribution in [0.15, 0.2) is 29.1 Å². The maximum absolute atomic E-state index is 12.8. The van der Waals surface area contributed by atoms with Crippen molar-refractivity contribution in [2.45, 2.75) is 46.1 Å². The van der Waals surface area contributed by atoms with Crippen molar-refractivity contribution in [3.63, 3.8) is 0 Å². The number of hydrogen-bond donors (Lipinski definition) is 1. The lowest BCUT2D eigenvalue weighted by Crippen LogP contribution is -2.30. The van der Waals surface area contributed by atoms with Gasteiger partial charge in [0.25, 0.3) is 0 Å². The number of rotatable bonds is 7. The van der Waals surface area contributed by atoms with Crippen LogP contribution in [0.1, 0.15) is 37.6 Å². The Morgan fingerprint density at radius 3 is 2.61 bits per heavy atom. The van der Waals surface area contributed by atoms with Crippen LogP contribution in [0.4, 0.5) is 0 Å². The molecule has 1 saturated heterocycles. The van der Waals surface area contributed by atoms with Gasteiger partial charge in [0.2, 0.25) is 0 Å². The molecule has 3 rings (SSSR count). The third kappa shape index (κ3) is 4.70. The topological polar surface area (TPSA) is 78.2 Å². The smallest absolute Gasteiger partial charge is 0.350 e. The van der Waals surface area contributed by atoms with E-state index < -0.39 is 0 Å². The fraction of sp³-hybridized carbons (Fsp3) is 0.571. The van der Waals surface area contributed by atoms with Crippen LogP contribution in [0.25, 0.3) is 5.69 Å². The summed E-state index contributed by atoms with van der Waals surface area (Å²) in [5, 5.41) is 7.84. The summed E-state index contributed by atoms with van der Waals surface area (Å²) in [7, 11) is 1.40. The number of ether oxygens (including phenoxy) is 1. The molecule has 1 atom stereocenters. The molecule has 0 spiro atoms. The molecule has 7 heteroatoms. The molecule has 1 fully saturated rings. The molecule has 1 N–H and O–H groups in total. The van der Waals surface area contributed by atoms with Crippen molar-refractivity contribution in [2.75, 3.05) is 20.2 Å². The maximum atomic E-state index is 12.8. The lowest BCUT2D eigenvalue weighted by molar-refractivity contribution is -0.144. The molecule has 1 unspecified atom stereocenters. The van der Waals surface area contributed by atoms with Gasteiger partial charge in [0.05, 0.1) is 18.7 Å². The van der Waals surface area contributed by atoms with E-state index in [9.17, 15) is 9.59 Å². The van der Waals surface area contributed by atoms with Crippen LogP contribution >= 0.6 is 0 Å². The van der Waals surface area contributed by atoms with Gasteiger partial charge in [0, 0.05) is 6.54 Å². The van der Waals surface area contributed by atoms with Gasteiger partial charge in [0.1, 0.15) is 5.82 Å². The summed E-state index contributed by atoms with van der Waals surface area (Å²) >= 11 is 0. The van der Waals surface area contributed by atoms with Gasteiger partial charge in [0.15, 0.2) is 0 Å². The molecule has 1 aliphatic rings. The second-order valence-corrected chi connectivity index (χ2v) is 7.67. The first-order valence-corrected chi connectivity index (χ1v) is 10.0. The lowest BCUT2D eigenvalue weighted by atomic mass is 9.95. The van der Waals surface area contributed by atoms with Crippen LogP contribution < -0.4 is 11.0 Å². The summed E-state index contributed by atoms with van der Waals surface area (Å²) < 4.78 is 8.02. The molecule has 1 aliphatic heterocycles. The van der Waals surface area contributed by atoms with E-state index in [1.807, 2.05) is 38.1 Å². The van der Waals surface area contributed by atoms with Crippen LogP contribution in [0.5, 0.6) is 0 Å². The van der Waals surface area contributed by atoms with E-state index in [-0.39, 0.29) is 17.6 Å². The molecule has 152 valence electrons. The number of piperidine rings is 1. The van der Waals surface area contributed by atoms with E-state index >= 15 is 0 Å². The summed E-state index contributed by atoms with van der Waals surface area (Å²) in [6, 6.07) is 7.72. The average Bonchev–Trinajstić information content (AvgIpc) is 3.00. The van der Waals surface area contributed by atoms with Gasteiger partial charge in [-0.2, -0.15) is 5.10 Å². The second kappa shape index (κ2) is 9.19. The predicted molar refractivity (Wildman–Crippen MR) is 108 cm³/mol. The fourth-order valence-corrected chi connectivity index (χ4v) is 3.85. The number of aryl methyl sites for hydroxylation is 2. The minimum Gasteiger partial charge on any atom is -0.469 e. The van der Waals surface area contributed by atoms with E-state index in [1.54, 1.807) is 9.25 Å². The number of benzene rings is 1. The lowest BCUT2D eigenvalue weighted by Gasteiger charge is -2.22. The highest BCUT2D eigenvalue weighted by atomic mass is 16.5. The molecule has 0 saturated carbocycles. The predicted octanol–water partition coefficient (Wildman–Crippen LogP) is 2.08. The highest BCUT2D eigenvalue weighted by molar-refractivity contribution is 5.72. The number of nitrogens with zero attached hydrogens (tertiary/aromatic N) is 3. The van der Waals surface area contributed by atoms with Gasteiger partial charge in [-0.05, 0) is 69.3 Å². The molecule has 2 aromatic rings. The third-order valence-corrected chi connectivity index (χ3v) is 5.55. The van der Waals surface area contributed by atoms with Crippen molar-refractivity contribution >= 4 is 5.97 Å². The van der Waals surface area contributed by atoms with Gasteiger partial charge < -0.3 is 10.1 Å². The molecular formula is C21H30N4O3. The zero-order valence-electron chi connectivity index (χ0n) is 17.0. The first kappa shape index (κ1) is 20.3. The number of esters is 1. The number of carbonyl (C=O) groups excluding carboxylic acids is 1. The van der Waals surface area contributed by atoms with Gasteiger partial charge in [-0.25, -0.2) is 14.0 Å². The molecule has 7 nitrogen and oxygen atoms in total. The number of hydrogen-bond acceptors (Lipinski definition) is 5. The van der Waals surface area contributed by atoms with Crippen molar-refractivity contribution in [1.29, 1.82) is 0 Å². The van der Waals surface area contributed by atoms with Crippen LogP contribution in [-0.2, 0) is 22.5 Å². The van der Waals surface area contributed by atoms with E-state index in [1.165, 1.54) is 20.0 Å². The molecule has 0 radical (unpaired) electrons. The molecule has 1 aromatic heterocycles. The first-order valence-electron chi connectivity index (χ1n) is 10.0. The van der Waals surface area contributed by atoms with E-state index in [0.29, 0.717) is 24.7 Å². The van der Waals surface area contributed by atoms with Crippen molar-refractivity contribution in [2.24, 2.45) is 11.8 Å². The third-order valence-electron chi connectivity index (χ3n) is 5.55. The minimum absolute atomic E-state index is 0.0953. The van der Waals surface area contributed by atoms with E-state index in [2.05, 4.69) is 10.4 Å². The van der Waals surface area contributed by atoms with Crippen molar-refractivity contribution < 1.29 is 9.53 Å². The molecule has 28 heavy (non-hydrogen) atoms. The van der Waals surface area contributed by atoms with Crippen molar-refractivity contribution in [3.05, 3.63) is 46.1 Å². The Hall–Kier alpha value is -2.41. The standard InChI is InChI=1S/C21H30N4O3/c1-15(20(26)28-3)14-18-4-6-19(7-5-18)25-16(2)23-24(21(25)27)13-10-17-8-11-22-12-9-17/h4-7,15,17,22H,8-14H2,1-3H3. The normalized spacial score (nSPS) is 16.1. The molecule has 0 aliphatic carbocycles. The summed E-state index contributed by atoms with van der Waals surface area (Å²) in [6.07, 6.45) is 3.93. The number of aromatic nitrogens is 3. The Morgan fingerprint density at radius 2 is 1.96 bits per heavy atom. The zero-order chi connectivity index (χ0) is 20.1. The summed E-state index contributed by atoms with van der Waals surface area (Å²) in [4.78, 5) is 24.4. The monoisotopic (exact) mass is 386 g/mol. The van der Waals surface area contributed by atoms with Crippen LogP contribution in [0.2, 0.25) is 0 Å². The van der Waals surface area contributed by atoms with Gasteiger partial charge >= 0.3 is 11.7 Å². The van der Waals surface area contributed by atoms with Gasteiger partial charge in [-0.3, -0.25) is 4.79 Å². The second-order valence-electron chi connectivity index (χ2n) is 7.67. The number of nitrogens with one attached hydrogen (secondary N) is 1. The van der Waals surface area contributed by atoms with E-state index in [4.69, 9.17) is 4.74 Å². The molecule has 2 heterocycles. The zero-order valence-corrected chi connectivity index (χ0v) is 17.0. The molecule has 1 aromatic carbocycles. The number of carbonyl (C=O) groups is 1. The van der Waals surface area contributed by atoms with Crippen molar-refractivity contribution in [3.8, 4) is 5.69 Å². The minimum atomic E-state index is -0.217. The largest absolute Gasteiger partial charge is 0.469 e. The summed E-state index contributed by atoms with van der Waals surface area (Å²) in [6.45, 7) is 6.49. The van der Waals surface area contributed by atoms with Crippen molar-refractivity contribution in [1.82, 2.24) is 19.7 Å². The number of methoxy groups -OCH3 is 1. The van der Waals surface area contributed by atoms with Gasteiger partial charge in [-0.15, -0.1) is 0 Å². The SMILES string of the molecule is COC(=O)C(C)Cc1ccc(-n2c(C)nn(CCC3CCNCC3)c2=O)cc1. The van der Waals surface area contributed by atoms with Crippen LogP contribution in [-0.4, -0.2) is 40.5 Å². The maximum Gasteiger partial charge on any atom is 0.350 e. The Bertz CT molecular complexity index is 848. The highest BCUT2D eigenvalue weighted by Gasteiger charge is 2.17. The molecule has 0 bridgehead atoms. The highest BCUT2D eigenvalue weighted by Crippen LogP contribution is 2.17. The first-order chi connectivity index (χ1) is 13.5.